The van der Waals surface area contributed by atoms with Gasteiger partial charge in [0, 0.05) is 17.2 Å². The Hall–Kier alpha value is -1.99. The molecule has 0 unspecified atom stereocenters. The second kappa shape index (κ2) is 9.80. The van der Waals surface area contributed by atoms with Crippen LogP contribution in [0.1, 0.15) is 18.9 Å². The predicted octanol–water partition coefficient (Wildman–Crippen LogP) is 3.45. The van der Waals surface area contributed by atoms with Crippen LogP contribution in [0.25, 0.3) is 0 Å². The maximum absolute atomic E-state index is 12.7. The van der Waals surface area contributed by atoms with Gasteiger partial charge in [0.05, 0.1) is 11.9 Å². The fourth-order valence-corrected chi connectivity index (χ4v) is 4.80. The van der Waals surface area contributed by atoms with E-state index in [2.05, 4.69) is 5.32 Å². The van der Waals surface area contributed by atoms with Crippen LogP contribution in [0.15, 0.2) is 59.5 Å². The summed E-state index contributed by atoms with van der Waals surface area (Å²) in [5.74, 6) is 0.438. The fraction of sp³-hybridized carbons (Fsp3) is 0.350. The summed E-state index contributed by atoms with van der Waals surface area (Å²) in [6.07, 6.45) is 1.52. The number of anilines is 1. The quantitative estimate of drug-likeness (QED) is 0.512. The van der Waals surface area contributed by atoms with E-state index in [1.807, 2.05) is 50.2 Å². The number of sulfonamides is 1. The van der Waals surface area contributed by atoms with Gasteiger partial charge in [-0.25, -0.2) is 8.42 Å². The van der Waals surface area contributed by atoms with Gasteiger partial charge in [-0.3, -0.25) is 9.10 Å². The van der Waals surface area contributed by atoms with Crippen molar-refractivity contribution in [2.24, 2.45) is 0 Å². The molecule has 7 heteroatoms. The van der Waals surface area contributed by atoms with Crippen molar-refractivity contribution in [2.45, 2.75) is 31.2 Å². The molecule has 27 heavy (non-hydrogen) atoms. The van der Waals surface area contributed by atoms with Gasteiger partial charge in [-0.2, -0.15) is 0 Å². The third-order valence-electron chi connectivity index (χ3n) is 4.00. The highest BCUT2D eigenvalue weighted by atomic mass is 32.2. The van der Waals surface area contributed by atoms with E-state index in [-0.39, 0.29) is 5.91 Å². The summed E-state index contributed by atoms with van der Waals surface area (Å²) in [6.45, 7) is 4.18. The summed E-state index contributed by atoms with van der Waals surface area (Å²) < 4.78 is 26.0. The number of benzene rings is 2. The summed E-state index contributed by atoms with van der Waals surface area (Å²) >= 11 is 1.65. The topological polar surface area (TPSA) is 66.5 Å². The molecule has 0 saturated heterocycles. The van der Waals surface area contributed by atoms with Gasteiger partial charge in [-0.15, -0.1) is 11.8 Å². The van der Waals surface area contributed by atoms with Crippen molar-refractivity contribution in [3.63, 3.8) is 0 Å². The Morgan fingerprint density at radius 2 is 1.85 bits per heavy atom. The Balaban J connectivity index is 2.06. The van der Waals surface area contributed by atoms with Gasteiger partial charge >= 0.3 is 0 Å². The molecule has 146 valence electrons. The van der Waals surface area contributed by atoms with Crippen LogP contribution in [-0.2, 0) is 14.8 Å². The zero-order chi connectivity index (χ0) is 19.9. The maximum Gasteiger partial charge on any atom is 0.243 e. The highest BCUT2D eigenvalue weighted by Gasteiger charge is 2.31. The molecule has 0 bridgehead atoms. The molecule has 0 aliphatic rings. The first-order valence-corrected chi connectivity index (χ1v) is 11.7. The molecule has 2 rings (SSSR count). The van der Waals surface area contributed by atoms with Crippen molar-refractivity contribution < 1.29 is 13.2 Å². The summed E-state index contributed by atoms with van der Waals surface area (Å²) in [7, 11) is -3.60. The number of rotatable bonds is 9. The van der Waals surface area contributed by atoms with Crippen molar-refractivity contribution in [1.29, 1.82) is 0 Å². The smallest absolute Gasteiger partial charge is 0.243 e. The first kappa shape index (κ1) is 21.3. The Kier molecular flexibility index (Phi) is 7.74. The fourth-order valence-electron chi connectivity index (χ4n) is 2.80. The summed E-state index contributed by atoms with van der Waals surface area (Å²) in [6, 6.07) is 16.4. The zero-order valence-corrected chi connectivity index (χ0v) is 17.5. The Labute approximate surface area is 166 Å². The first-order valence-electron chi connectivity index (χ1n) is 8.84. The molecule has 0 saturated carbocycles. The first-order chi connectivity index (χ1) is 12.8. The van der Waals surface area contributed by atoms with Crippen LogP contribution < -0.4 is 9.62 Å². The second-order valence-electron chi connectivity index (χ2n) is 6.27. The van der Waals surface area contributed by atoms with Gasteiger partial charge in [0.15, 0.2) is 0 Å². The molecular formula is C20H26N2O3S2. The standard InChI is InChI=1S/C20H26N2O3S2/c1-4-19(20(23)21-13-14-26-18-11-6-5-7-12-18)22(27(3,24)25)17-10-8-9-16(2)15-17/h5-12,15,19H,4,13-14H2,1-3H3,(H,21,23)/t19-/m1/s1. The van der Waals surface area contributed by atoms with Crippen LogP contribution >= 0.6 is 11.8 Å². The molecule has 1 N–H and O–H groups in total. The number of thioether (sulfide) groups is 1. The molecule has 0 radical (unpaired) electrons. The molecule has 0 aliphatic carbocycles. The highest BCUT2D eigenvalue weighted by Crippen LogP contribution is 2.23. The lowest BCUT2D eigenvalue weighted by Crippen LogP contribution is -2.49. The maximum atomic E-state index is 12.7. The molecule has 1 amide bonds. The molecule has 0 fully saturated rings. The third-order valence-corrected chi connectivity index (χ3v) is 6.19. The van der Waals surface area contributed by atoms with Crippen molar-refractivity contribution in [1.82, 2.24) is 5.32 Å². The Morgan fingerprint density at radius 1 is 1.15 bits per heavy atom. The van der Waals surface area contributed by atoms with Crippen LogP contribution in [-0.4, -0.2) is 38.9 Å². The third kappa shape index (κ3) is 6.29. The van der Waals surface area contributed by atoms with E-state index < -0.39 is 16.1 Å². The normalized spacial score (nSPS) is 12.4. The SMILES string of the molecule is CC[C@H](C(=O)NCCSc1ccccc1)N(c1cccc(C)c1)S(C)(=O)=O. The zero-order valence-electron chi connectivity index (χ0n) is 15.9. The number of hydrogen-bond acceptors (Lipinski definition) is 4. The van der Waals surface area contributed by atoms with Gasteiger partial charge in [-0.1, -0.05) is 37.3 Å². The van der Waals surface area contributed by atoms with E-state index in [0.717, 1.165) is 22.5 Å². The van der Waals surface area contributed by atoms with Crippen molar-refractivity contribution in [2.75, 3.05) is 22.9 Å². The monoisotopic (exact) mass is 406 g/mol. The van der Waals surface area contributed by atoms with Crippen molar-refractivity contribution >= 4 is 33.4 Å². The molecule has 2 aromatic carbocycles. The van der Waals surface area contributed by atoms with E-state index >= 15 is 0 Å². The number of carbonyl (C=O) groups is 1. The van der Waals surface area contributed by atoms with Gasteiger partial charge < -0.3 is 5.32 Å². The molecule has 0 spiro atoms. The molecule has 2 aromatic rings. The molecule has 1 atom stereocenters. The van der Waals surface area contributed by atoms with Gasteiger partial charge in [-0.05, 0) is 43.2 Å². The second-order valence-corrected chi connectivity index (χ2v) is 9.30. The molecule has 0 aromatic heterocycles. The van der Waals surface area contributed by atoms with Crippen LogP contribution in [0.2, 0.25) is 0 Å². The van der Waals surface area contributed by atoms with E-state index in [1.165, 1.54) is 4.31 Å². The van der Waals surface area contributed by atoms with Crippen LogP contribution in [0, 0.1) is 6.92 Å². The number of nitrogens with one attached hydrogen (secondary N) is 1. The number of nitrogens with zero attached hydrogens (tertiary/aromatic N) is 1. The summed E-state index contributed by atoms with van der Waals surface area (Å²) in [5, 5.41) is 2.87. The van der Waals surface area contributed by atoms with Crippen LogP contribution in [0.4, 0.5) is 5.69 Å². The lowest BCUT2D eigenvalue weighted by Gasteiger charge is -2.30. The Morgan fingerprint density at radius 3 is 2.44 bits per heavy atom. The summed E-state index contributed by atoms with van der Waals surface area (Å²) in [5.41, 5.74) is 1.45. The van der Waals surface area contributed by atoms with Gasteiger partial charge in [0.25, 0.3) is 0 Å². The van der Waals surface area contributed by atoms with Crippen molar-refractivity contribution in [3.05, 3.63) is 60.2 Å². The van der Waals surface area contributed by atoms with Crippen LogP contribution in [0.5, 0.6) is 0 Å². The minimum atomic E-state index is -3.60. The van der Waals surface area contributed by atoms with E-state index in [4.69, 9.17) is 0 Å². The minimum Gasteiger partial charge on any atom is -0.353 e. The van der Waals surface area contributed by atoms with E-state index in [0.29, 0.717) is 18.7 Å². The predicted molar refractivity (Wildman–Crippen MR) is 113 cm³/mol. The molecule has 0 aliphatic heterocycles. The van der Waals surface area contributed by atoms with Gasteiger partial charge in [0.1, 0.15) is 6.04 Å². The summed E-state index contributed by atoms with van der Waals surface area (Å²) in [4.78, 5) is 13.8. The van der Waals surface area contributed by atoms with Gasteiger partial charge in [0.2, 0.25) is 15.9 Å². The lowest BCUT2D eigenvalue weighted by atomic mass is 10.1. The highest BCUT2D eigenvalue weighted by molar-refractivity contribution is 7.99. The van der Waals surface area contributed by atoms with Crippen molar-refractivity contribution in [3.8, 4) is 0 Å². The number of aryl methyl sites for hydroxylation is 1. The van der Waals surface area contributed by atoms with E-state index in [1.54, 1.807) is 30.0 Å². The molecule has 0 heterocycles. The lowest BCUT2D eigenvalue weighted by molar-refractivity contribution is -0.122. The van der Waals surface area contributed by atoms with Crippen LogP contribution in [0.3, 0.4) is 0 Å². The number of carbonyl (C=O) groups excluding carboxylic acids is 1. The molecule has 5 nitrogen and oxygen atoms in total. The average molecular weight is 407 g/mol. The minimum absolute atomic E-state index is 0.280. The number of amides is 1. The molecular weight excluding hydrogens is 380 g/mol. The Bertz CT molecular complexity index is 855. The number of hydrogen-bond donors (Lipinski definition) is 1. The largest absolute Gasteiger partial charge is 0.353 e. The van der Waals surface area contributed by atoms with E-state index in [9.17, 15) is 13.2 Å². The average Bonchev–Trinajstić information content (AvgIpc) is 2.62.